The van der Waals surface area contributed by atoms with Crippen LogP contribution in [0.1, 0.15) is 25.7 Å². The van der Waals surface area contributed by atoms with Crippen LogP contribution in [0.15, 0.2) is 0 Å². The van der Waals surface area contributed by atoms with Crippen molar-refractivity contribution >= 4 is 5.97 Å². The molecule has 0 heterocycles. The van der Waals surface area contributed by atoms with Crippen molar-refractivity contribution in [2.75, 3.05) is 0 Å². The molecule has 0 bridgehead atoms. The van der Waals surface area contributed by atoms with Gasteiger partial charge in [0.25, 0.3) is 0 Å². The zero-order valence-corrected chi connectivity index (χ0v) is 6.42. The van der Waals surface area contributed by atoms with Crippen molar-refractivity contribution in [3.8, 4) is 0 Å². The standard InChI is InChI=1S/C8H13NO2/c9-8(7(10)11)3-1-2-5-4-6(5)8/h5-6H,1-4,9H2,(H,10,11)/t5-,6-,8-/m1/s1. The van der Waals surface area contributed by atoms with Crippen molar-refractivity contribution in [1.82, 2.24) is 0 Å². The van der Waals surface area contributed by atoms with E-state index in [2.05, 4.69) is 0 Å². The Labute approximate surface area is 65.6 Å². The van der Waals surface area contributed by atoms with E-state index in [-0.39, 0.29) is 5.92 Å². The van der Waals surface area contributed by atoms with Gasteiger partial charge >= 0.3 is 5.97 Å². The van der Waals surface area contributed by atoms with Crippen molar-refractivity contribution in [2.45, 2.75) is 31.2 Å². The van der Waals surface area contributed by atoms with Crippen LogP contribution in [0, 0.1) is 11.8 Å². The lowest BCUT2D eigenvalue weighted by atomic mass is 9.82. The average Bonchev–Trinajstić information content (AvgIpc) is 2.67. The van der Waals surface area contributed by atoms with E-state index >= 15 is 0 Å². The van der Waals surface area contributed by atoms with Gasteiger partial charge in [0.1, 0.15) is 5.54 Å². The predicted molar refractivity (Wildman–Crippen MR) is 40.0 cm³/mol. The van der Waals surface area contributed by atoms with Gasteiger partial charge in [0, 0.05) is 0 Å². The average molecular weight is 155 g/mol. The van der Waals surface area contributed by atoms with Crippen molar-refractivity contribution in [3.05, 3.63) is 0 Å². The molecular weight excluding hydrogens is 142 g/mol. The molecule has 11 heavy (non-hydrogen) atoms. The highest BCUT2D eigenvalue weighted by Gasteiger charge is 2.56. The molecule has 2 rings (SSSR count). The summed E-state index contributed by atoms with van der Waals surface area (Å²) in [6, 6.07) is 0. The molecule has 0 aromatic rings. The molecule has 62 valence electrons. The number of carboxylic acids is 1. The van der Waals surface area contributed by atoms with Gasteiger partial charge in [-0.1, -0.05) is 12.8 Å². The van der Waals surface area contributed by atoms with E-state index in [4.69, 9.17) is 10.8 Å². The van der Waals surface area contributed by atoms with Gasteiger partial charge in [-0.3, -0.25) is 4.79 Å². The molecule has 3 nitrogen and oxygen atoms in total. The Morgan fingerprint density at radius 1 is 1.64 bits per heavy atom. The van der Waals surface area contributed by atoms with Crippen LogP contribution >= 0.6 is 0 Å². The van der Waals surface area contributed by atoms with E-state index in [1.165, 1.54) is 6.42 Å². The molecular formula is C8H13NO2. The molecule has 2 aliphatic carbocycles. The summed E-state index contributed by atoms with van der Waals surface area (Å²) in [5.74, 6) is 0.114. The number of fused-ring (bicyclic) bond motifs is 1. The largest absolute Gasteiger partial charge is 0.480 e. The van der Waals surface area contributed by atoms with Crippen LogP contribution < -0.4 is 5.73 Å². The first-order chi connectivity index (χ1) is 5.14. The van der Waals surface area contributed by atoms with Crippen LogP contribution in [0.25, 0.3) is 0 Å². The van der Waals surface area contributed by atoms with E-state index in [0.29, 0.717) is 12.3 Å². The summed E-state index contributed by atoms with van der Waals surface area (Å²) in [5, 5.41) is 8.87. The SMILES string of the molecule is N[C@]1(C(=O)O)CCC[C@@H]2C[C@H]21. The molecule has 0 unspecified atom stereocenters. The molecule has 2 aliphatic rings. The maximum atomic E-state index is 10.8. The summed E-state index contributed by atoms with van der Waals surface area (Å²) in [4.78, 5) is 10.8. The fourth-order valence-electron chi connectivity index (χ4n) is 2.31. The highest BCUT2D eigenvalue weighted by molar-refractivity contribution is 5.79. The van der Waals surface area contributed by atoms with Gasteiger partial charge in [-0.05, 0) is 24.7 Å². The second kappa shape index (κ2) is 1.97. The van der Waals surface area contributed by atoms with Crippen LogP contribution in [0.3, 0.4) is 0 Å². The summed E-state index contributed by atoms with van der Waals surface area (Å²) >= 11 is 0. The van der Waals surface area contributed by atoms with Crippen molar-refractivity contribution in [2.24, 2.45) is 17.6 Å². The fraction of sp³-hybridized carbons (Fsp3) is 0.875. The quantitative estimate of drug-likeness (QED) is 0.582. The van der Waals surface area contributed by atoms with E-state index in [9.17, 15) is 4.79 Å². The van der Waals surface area contributed by atoms with Crippen LogP contribution in [-0.2, 0) is 4.79 Å². The summed E-state index contributed by atoms with van der Waals surface area (Å²) in [5.41, 5.74) is 4.92. The molecule has 0 amide bonds. The zero-order chi connectivity index (χ0) is 8.06. The normalized spacial score (nSPS) is 48.1. The van der Waals surface area contributed by atoms with E-state index in [1.807, 2.05) is 0 Å². The molecule has 3 N–H and O–H groups in total. The number of hydrogen-bond donors (Lipinski definition) is 2. The summed E-state index contributed by atoms with van der Waals surface area (Å²) in [6.45, 7) is 0. The van der Waals surface area contributed by atoms with Gasteiger partial charge in [0.05, 0.1) is 0 Å². The Morgan fingerprint density at radius 3 is 2.91 bits per heavy atom. The Bertz CT molecular complexity index is 204. The van der Waals surface area contributed by atoms with Crippen molar-refractivity contribution in [1.29, 1.82) is 0 Å². The molecule has 0 aliphatic heterocycles. The van der Waals surface area contributed by atoms with Gasteiger partial charge in [-0.15, -0.1) is 0 Å². The van der Waals surface area contributed by atoms with E-state index in [0.717, 1.165) is 12.8 Å². The molecule has 0 radical (unpaired) electrons. The first kappa shape index (κ1) is 7.10. The first-order valence-electron chi connectivity index (χ1n) is 4.17. The minimum absolute atomic E-state index is 0.286. The second-order valence-electron chi connectivity index (χ2n) is 3.84. The van der Waals surface area contributed by atoms with Gasteiger partial charge in [0.2, 0.25) is 0 Å². The van der Waals surface area contributed by atoms with Crippen LogP contribution in [0.2, 0.25) is 0 Å². The fourth-order valence-corrected chi connectivity index (χ4v) is 2.31. The smallest absolute Gasteiger partial charge is 0.323 e. The number of aliphatic carboxylic acids is 1. The Balaban J connectivity index is 2.17. The van der Waals surface area contributed by atoms with Crippen LogP contribution in [-0.4, -0.2) is 16.6 Å². The summed E-state index contributed by atoms with van der Waals surface area (Å²) in [6.07, 6.45) is 3.90. The minimum atomic E-state index is -0.872. The monoisotopic (exact) mass is 155 g/mol. The molecule has 3 atom stereocenters. The minimum Gasteiger partial charge on any atom is -0.480 e. The van der Waals surface area contributed by atoms with Gasteiger partial charge in [0.15, 0.2) is 0 Å². The Hall–Kier alpha value is -0.570. The van der Waals surface area contributed by atoms with E-state index < -0.39 is 11.5 Å². The highest BCUT2D eigenvalue weighted by atomic mass is 16.4. The number of hydrogen-bond acceptors (Lipinski definition) is 2. The lowest BCUT2D eigenvalue weighted by molar-refractivity contribution is -0.145. The van der Waals surface area contributed by atoms with Crippen LogP contribution in [0.4, 0.5) is 0 Å². The molecule has 3 heteroatoms. The Kier molecular flexibility index (Phi) is 1.27. The van der Waals surface area contributed by atoms with Crippen molar-refractivity contribution < 1.29 is 9.90 Å². The molecule has 2 saturated carbocycles. The topological polar surface area (TPSA) is 63.3 Å². The second-order valence-corrected chi connectivity index (χ2v) is 3.84. The molecule has 0 spiro atoms. The maximum absolute atomic E-state index is 10.8. The predicted octanol–water partition coefficient (Wildman–Crippen LogP) is 0.588. The number of carbonyl (C=O) groups is 1. The lowest BCUT2D eigenvalue weighted by Crippen LogP contribution is -2.51. The Morgan fingerprint density at radius 2 is 2.36 bits per heavy atom. The van der Waals surface area contributed by atoms with E-state index in [1.54, 1.807) is 0 Å². The summed E-state index contributed by atoms with van der Waals surface area (Å²) in [7, 11) is 0. The number of rotatable bonds is 1. The first-order valence-corrected chi connectivity index (χ1v) is 4.17. The van der Waals surface area contributed by atoms with Gasteiger partial charge in [-0.2, -0.15) is 0 Å². The number of carboxylic acid groups (broad SMARTS) is 1. The molecule has 0 saturated heterocycles. The highest BCUT2D eigenvalue weighted by Crippen LogP contribution is 2.53. The third-order valence-corrected chi connectivity index (χ3v) is 3.15. The van der Waals surface area contributed by atoms with Gasteiger partial charge < -0.3 is 10.8 Å². The van der Waals surface area contributed by atoms with Gasteiger partial charge in [-0.25, -0.2) is 0 Å². The molecule has 0 aromatic heterocycles. The number of nitrogens with two attached hydrogens (primary N) is 1. The zero-order valence-electron chi connectivity index (χ0n) is 6.42. The summed E-state index contributed by atoms with van der Waals surface area (Å²) < 4.78 is 0. The third kappa shape index (κ3) is 0.872. The molecule has 0 aromatic carbocycles. The maximum Gasteiger partial charge on any atom is 0.323 e. The third-order valence-electron chi connectivity index (χ3n) is 3.15. The molecule has 2 fully saturated rings. The van der Waals surface area contributed by atoms with Crippen LogP contribution in [0.5, 0.6) is 0 Å². The lowest BCUT2D eigenvalue weighted by Gasteiger charge is -2.28. The van der Waals surface area contributed by atoms with Crippen molar-refractivity contribution in [3.63, 3.8) is 0 Å².